The van der Waals surface area contributed by atoms with Crippen LogP contribution in [0.15, 0.2) is 28.3 Å². The summed E-state index contributed by atoms with van der Waals surface area (Å²) in [6.07, 6.45) is 18.4. The molecule has 0 radical (unpaired) electrons. The van der Waals surface area contributed by atoms with Crippen LogP contribution in [-0.2, 0) is 9.59 Å². The molecule has 0 heterocycles. The summed E-state index contributed by atoms with van der Waals surface area (Å²) in [5, 5.41) is 21.5. The van der Waals surface area contributed by atoms with E-state index in [1.54, 1.807) is 0 Å². The molecule has 1 spiro atoms. The van der Waals surface area contributed by atoms with Crippen molar-refractivity contribution >= 4 is 17.4 Å². The Balaban J connectivity index is 1.40. The van der Waals surface area contributed by atoms with Crippen LogP contribution in [0.3, 0.4) is 0 Å². The number of fused-ring (bicyclic) bond motifs is 7. The average Bonchev–Trinajstić information content (AvgIpc) is 3.69. The summed E-state index contributed by atoms with van der Waals surface area (Å²) in [5.74, 6) is 1.39. The highest BCUT2D eigenvalue weighted by Crippen LogP contribution is 2.76. The Morgan fingerprint density at radius 1 is 1.02 bits per heavy atom. The van der Waals surface area contributed by atoms with Gasteiger partial charge in [0.2, 0.25) is 0 Å². The number of nitrogens with one attached hydrogen (secondary N) is 1. The molecule has 6 aliphatic rings. The van der Waals surface area contributed by atoms with Gasteiger partial charge in [-0.1, -0.05) is 46.3 Å². The number of hydrogen-bond donors (Lipinski definition) is 1. The van der Waals surface area contributed by atoms with E-state index in [1.807, 2.05) is 39.1 Å². The van der Waals surface area contributed by atoms with Crippen molar-refractivity contribution < 1.29 is 9.59 Å². The third kappa shape index (κ3) is 3.89. The SMILES string of the molecule is CC(=NCCC[C@]12CCC3(CC3)C[C@H]1[C@H]1C(=O)C=C3[C@@]4(C)C=C(C#N)C(=O)C(C)(C)[C@@H]4CC[C@@]3(C)[C@]1(C)CC2)NC#N. The summed E-state index contributed by atoms with van der Waals surface area (Å²) >= 11 is 0. The number of amidine groups is 1. The Morgan fingerprint density at radius 2 is 1.71 bits per heavy atom. The molecule has 6 nitrogen and oxygen atoms in total. The van der Waals surface area contributed by atoms with E-state index < -0.39 is 10.8 Å². The standard InChI is InChI=1S/C36H48N4O2/c1-23(40-22-38)39-17-7-9-36-15-11-34(6)29(25(36)20-35(12-13-35)14-16-36)26(41)18-28-32(4)19-24(21-37)30(42)31(2,3)27(32)8-10-33(28,34)5/h18-19,25,27,29H,7-17,20H2,1-6H3,(H,39,40)/t25-,27-,29-,32-,33+,34+,36-/m0/s1. The van der Waals surface area contributed by atoms with Crippen LogP contribution in [0.4, 0.5) is 0 Å². The molecule has 0 bridgehead atoms. The molecule has 0 aliphatic heterocycles. The highest BCUT2D eigenvalue weighted by Gasteiger charge is 2.70. The first-order chi connectivity index (χ1) is 19.7. The quantitative estimate of drug-likeness (QED) is 0.127. The van der Waals surface area contributed by atoms with E-state index in [2.05, 4.69) is 37.1 Å². The Bertz CT molecular complexity index is 1400. The van der Waals surface area contributed by atoms with Crippen LogP contribution in [0, 0.1) is 73.0 Å². The minimum Gasteiger partial charge on any atom is -0.295 e. The Hall–Kier alpha value is -2.73. The number of hydrogen-bond acceptors (Lipinski definition) is 5. The summed E-state index contributed by atoms with van der Waals surface area (Å²) in [4.78, 5) is 32.5. The lowest BCUT2D eigenvalue weighted by molar-refractivity contribution is -0.169. The van der Waals surface area contributed by atoms with Gasteiger partial charge >= 0.3 is 0 Å². The van der Waals surface area contributed by atoms with Crippen LogP contribution in [0.5, 0.6) is 0 Å². The zero-order chi connectivity index (χ0) is 30.3. The van der Waals surface area contributed by atoms with Gasteiger partial charge in [0, 0.05) is 23.3 Å². The van der Waals surface area contributed by atoms with Gasteiger partial charge in [-0.15, -0.1) is 0 Å². The molecule has 42 heavy (non-hydrogen) atoms. The van der Waals surface area contributed by atoms with Crippen molar-refractivity contribution in [2.75, 3.05) is 6.54 Å². The van der Waals surface area contributed by atoms with Gasteiger partial charge in [0.15, 0.2) is 17.8 Å². The van der Waals surface area contributed by atoms with Crippen LogP contribution < -0.4 is 5.32 Å². The molecular weight excluding hydrogens is 520 g/mol. The monoisotopic (exact) mass is 568 g/mol. The van der Waals surface area contributed by atoms with E-state index >= 15 is 0 Å². The number of ketones is 2. The third-order valence-corrected chi connectivity index (χ3v) is 14.2. The van der Waals surface area contributed by atoms with Crippen LogP contribution >= 0.6 is 0 Å². The third-order valence-electron chi connectivity index (χ3n) is 14.2. The van der Waals surface area contributed by atoms with Crippen molar-refractivity contribution in [1.29, 1.82) is 10.5 Å². The van der Waals surface area contributed by atoms with E-state index in [-0.39, 0.29) is 39.4 Å². The van der Waals surface area contributed by atoms with Crippen molar-refractivity contribution in [3.63, 3.8) is 0 Å². The highest BCUT2D eigenvalue weighted by molar-refractivity contribution is 6.04. The van der Waals surface area contributed by atoms with Gasteiger partial charge in [-0.25, -0.2) is 0 Å². The first kappa shape index (κ1) is 29.3. The smallest absolute Gasteiger partial charge is 0.182 e. The van der Waals surface area contributed by atoms with Gasteiger partial charge in [-0.3, -0.25) is 19.9 Å². The molecule has 6 heteroatoms. The summed E-state index contributed by atoms with van der Waals surface area (Å²) in [6, 6.07) is 2.22. The van der Waals surface area contributed by atoms with E-state index in [1.165, 1.54) is 37.7 Å². The molecule has 0 aromatic carbocycles. The van der Waals surface area contributed by atoms with Crippen LogP contribution in [0.1, 0.15) is 112 Å². The number of rotatable bonds is 4. The number of carbonyl (C=O) groups excluding carboxylic acids is 2. The molecular formula is C36H48N4O2. The van der Waals surface area contributed by atoms with E-state index in [4.69, 9.17) is 5.26 Å². The topological polar surface area (TPSA) is 106 Å². The summed E-state index contributed by atoms with van der Waals surface area (Å²) in [7, 11) is 0. The second-order valence-electron chi connectivity index (χ2n) is 16.3. The maximum Gasteiger partial charge on any atom is 0.182 e. The number of aliphatic imine (C=N–C) groups is 1. The molecule has 0 amide bonds. The lowest BCUT2D eigenvalue weighted by atomic mass is 9.34. The molecule has 7 atom stereocenters. The lowest BCUT2D eigenvalue weighted by Crippen LogP contribution is -2.64. The van der Waals surface area contributed by atoms with Crippen LogP contribution in [0.25, 0.3) is 0 Å². The molecule has 4 fully saturated rings. The van der Waals surface area contributed by atoms with Gasteiger partial charge < -0.3 is 0 Å². The number of carbonyl (C=O) groups is 2. The van der Waals surface area contributed by atoms with Crippen molar-refractivity contribution in [3.05, 3.63) is 23.3 Å². The summed E-state index contributed by atoms with van der Waals surface area (Å²) in [6.45, 7) is 13.6. The van der Waals surface area contributed by atoms with Crippen molar-refractivity contribution in [2.45, 2.75) is 112 Å². The normalized spacial score (nSPS) is 43.0. The maximum absolute atomic E-state index is 14.7. The van der Waals surface area contributed by atoms with Gasteiger partial charge in [0.1, 0.15) is 11.9 Å². The second kappa shape index (κ2) is 9.38. The minimum atomic E-state index is -0.634. The Labute approximate surface area is 252 Å². The fourth-order valence-corrected chi connectivity index (χ4v) is 11.4. The van der Waals surface area contributed by atoms with Crippen molar-refractivity contribution in [2.24, 2.45) is 55.2 Å². The fraction of sp³-hybridized carbons (Fsp3) is 0.750. The number of nitrogens with zero attached hydrogens (tertiary/aromatic N) is 3. The summed E-state index contributed by atoms with van der Waals surface area (Å²) in [5.41, 5.74) is 0.645. The Kier molecular flexibility index (Phi) is 6.56. The van der Waals surface area contributed by atoms with Gasteiger partial charge in [0.25, 0.3) is 0 Å². The van der Waals surface area contributed by atoms with E-state index in [9.17, 15) is 14.9 Å². The molecule has 224 valence electrons. The Morgan fingerprint density at radius 3 is 2.38 bits per heavy atom. The van der Waals surface area contributed by atoms with E-state index in [0.29, 0.717) is 29.5 Å². The first-order valence-corrected chi connectivity index (χ1v) is 16.3. The van der Waals surface area contributed by atoms with Crippen molar-refractivity contribution in [1.82, 2.24) is 5.32 Å². The maximum atomic E-state index is 14.7. The number of allylic oxidation sites excluding steroid dienone is 4. The van der Waals surface area contributed by atoms with Crippen LogP contribution in [0.2, 0.25) is 0 Å². The molecule has 0 aromatic heterocycles. The zero-order valence-electron chi connectivity index (χ0n) is 26.5. The van der Waals surface area contributed by atoms with Gasteiger partial charge in [-0.05, 0) is 117 Å². The summed E-state index contributed by atoms with van der Waals surface area (Å²) < 4.78 is 0. The number of Topliss-reactive ketones (excluding diaryl/α,β-unsaturated/α-hetero) is 1. The highest BCUT2D eigenvalue weighted by atomic mass is 16.1. The molecule has 0 unspecified atom stereocenters. The molecule has 4 saturated carbocycles. The van der Waals surface area contributed by atoms with Crippen LogP contribution in [-0.4, -0.2) is 23.9 Å². The van der Waals surface area contributed by atoms with E-state index in [0.717, 1.165) is 38.5 Å². The van der Waals surface area contributed by atoms with Gasteiger partial charge in [-0.2, -0.15) is 10.5 Å². The lowest BCUT2D eigenvalue weighted by Gasteiger charge is -2.69. The predicted octanol–water partition coefficient (Wildman–Crippen LogP) is 7.23. The molecule has 6 rings (SSSR count). The molecule has 1 N–H and O–H groups in total. The number of nitriles is 2. The molecule has 0 aromatic rings. The minimum absolute atomic E-state index is 0.0149. The first-order valence-electron chi connectivity index (χ1n) is 16.3. The molecule has 6 aliphatic carbocycles. The molecule has 0 saturated heterocycles. The fourth-order valence-electron chi connectivity index (χ4n) is 11.4. The van der Waals surface area contributed by atoms with Crippen molar-refractivity contribution in [3.8, 4) is 12.3 Å². The largest absolute Gasteiger partial charge is 0.295 e. The second-order valence-corrected chi connectivity index (χ2v) is 16.3. The van der Waals surface area contributed by atoms with Gasteiger partial charge in [0.05, 0.1) is 5.57 Å². The predicted molar refractivity (Wildman–Crippen MR) is 163 cm³/mol. The zero-order valence-corrected chi connectivity index (χ0v) is 26.5. The average molecular weight is 569 g/mol.